The topological polar surface area (TPSA) is 82.8 Å². The third kappa shape index (κ3) is 3.96. The van der Waals surface area contributed by atoms with E-state index in [4.69, 9.17) is 9.57 Å². The minimum Gasteiger partial charge on any atom is -0.465 e. The Hall–Kier alpha value is -4.26. The van der Waals surface area contributed by atoms with Crippen molar-refractivity contribution in [1.29, 1.82) is 0 Å². The summed E-state index contributed by atoms with van der Waals surface area (Å²) >= 11 is 0. The highest BCUT2D eigenvalue weighted by Crippen LogP contribution is 2.29. The Kier molecular flexibility index (Phi) is 5.67. The molecule has 0 spiro atoms. The first-order valence-corrected chi connectivity index (χ1v) is 11.1. The molecule has 0 saturated heterocycles. The van der Waals surface area contributed by atoms with Crippen molar-refractivity contribution in [3.8, 4) is 17.1 Å². The summed E-state index contributed by atoms with van der Waals surface area (Å²) in [4.78, 5) is 33.2. The molecule has 0 amide bonds. The number of para-hydroxylation sites is 1. The van der Waals surface area contributed by atoms with Crippen molar-refractivity contribution in [1.82, 2.24) is 9.55 Å². The van der Waals surface area contributed by atoms with Crippen LogP contribution in [0.3, 0.4) is 0 Å². The summed E-state index contributed by atoms with van der Waals surface area (Å²) in [6.07, 6.45) is 0.168. The van der Waals surface area contributed by atoms with Crippen LogP contribution in [-0.4, -0.2) is 33.6 Å². The van der Waals surface area contributed by atoms with E-state index in [1.807, 2.05) is 78.2 Å². The van der Waals surface area contributed by atoms with Crippen molar-refractivity contribution >= 4 is 28.5 Å². The second-order valence-corrected chi connectivity index (χ2v) is 8.06. The Morgan fingerprint density at radius 3 is 2.47 bits per heavy atom. The summed E-state index contributed by atoms with van der Waals surface area (Å²) < 4.78 is 7.74. The first kappa shape index (κ1) is 21.6. The lowest BCUT2D eigenvalue weighted by Crippen LogP contribution is -2.07. The number of carbonyl (C=O) groups excluding carboxylic acids is 2. The maximum Gasteiger partial charge on any atom is 0.341 e. The number of carbonyl (C=O) groups is 2. The van der Waals surface area contributed by atoms with E-state index in [1.54, 1.807) is 6.92 Å². The number of nitrogens with zero attached hydrogens (tertiary/aromatic N) is 3. The SMILES string of the molecule is CCOc1nc2cccc(C(C)=O)c2n1Cc1ccc(-c2ccccc2C2=NOC(=O)C2)cc1. The molecule has 0 saturated carbocycles. The number of hydrogen-bond donors (Lipinski definition) is 0. The summed E-state index contributed by atoms with van der Waals surface area (Å²) in [7, 11) is 0. The lowest BCUT2D eigenvalue weighted by molar-refractivity contribution is -0.140. The number of ketones is 1. The molecule has 1 aliphatic rings. The second-order valence-electron chi connectivity index (χ2n) is 8.06. The van der Waals surface area contributed by atoms with Crippen LogP contribution in [0.1, 0.15) is 41.8 Å². The number of aromatic nitrogens is 2. The number of benzene rings is 3. The Balaban J connectivity index is 1.50. The first-order valence-electron chi connectivity index (χ1n) is 11.1. The van der Waals surface area contributed by atoms with E-state index in [2.05, 4.69) is 10.1 Å². The molecule has 4 aromatic rings. The average Bonchev–Trinajstić information content (AvgIpc) is 3.43. The van der Waals surface area contributed by atoms with Gasteiger partial charge in [0.2, 0.25) is 0 Å². The summed E-state index contributed by atoms with van der Waals surface area (Å²) in [6.45, 7) is 4.46. The van der Waals surface area contributed by atoms with Gasteiger partial charge in [-0.05, 0) is 42.7 Å². The van der Waals surface area contributed by atoms with Crippen molar-refractivity contribution in [3.63, 3.8) is 0 Å². The van der Waals surface area contributed by atoms with Gasteiger partial charge in [-0.3, -0.25) is 9.36 Å². The van der Waals surface area contributed by atoms with Crippen molar-refractivity contribution in [3.05, 3.63) is 83.4 Å². The summed E-state index contributed by atoms with van der Waals surface area (Å²) in [5.41, 5.74) is 6.67. The Labute approximate surface area is 196 Å². The summed E-state index contributed by atoms with van der Waals surface area (Å²) in [5.74, 6) is -0.359. The highest BCUT2D eigenvalue weighted by Gasteiger charge is 2.22. The van der Waals surface area contributed by atoms with E-state index in [9.17, 15) is 9.59 Å². The average molecular weight is 453 g/mol. The lowest BCUT2D eigenvalue weighted by atomic mass is 9.95. The van der Waals surface area contributed by atoms with Crippen LogP contribution >= 0.6 is 0 Å². The van der Waals surface area contributed by atoms with Crippen molar-refractivity contribution in [2.24, 2.45) is 5.16 Å². The van der Waals surface area contributed by atoms with Gasteiger partial charge >= 0.3 is 5.97 Å². The summed E-state index contributed by atoms with van der Waals surface area (Å²) in [5, 5.41) is 3.93. The maximum absolute atomic E-state index is 12.3. The molecular formula is C27H23N3O4. The highest BCUT2D eigenvalue weighted by molar-refractivity contribution is 6.14. The first-order chi connectivity index (χ1) is 16.5. The van der Waals surface area contributed by atoms with Gasteiger partial charge in [0, 0.05) is 11.1 Å². The van der Waals surface area contributed by atoms with Crippen LogP contribution in [0.2, 0.25) is 0 Å². The smallest absolute Gasteiger partial charge is 0.341 e. The minimum atomic E-state index is -0.345. The van der Waals surface area contributed by atoms with Crippen LogP contribution < -0.4 is 4.74 Å². The van der Waals surface area contributed by atoms with E-state index < -0.39 is 0 Å². The molecular weight excluding hydrogens is 430 g/mol. The van der Waals surface area contributed by atoms with E-state index in [0.717, 1.165) is 33.3 Å². The highest BCUT2D eigenvalue weighted by atomic mass is 16.7. The number of Topliss-reactive ketones (excluding diaryl/α,β-unsaturated/α-hetero) is 1. The van der Waals surface area contributed by atoms with Crippen LogP contribution in [0.25, 0.3) is 22.2 Å². The third-order valence-corrected chi connectivity index (χ3v) is 5.80. The van der Waals surface area contributed by atoms with Crippen LogP contribution in [0.5, 0.6) is 6.01 Å². The number of rotatable bonds is 7. The van der Waals surface area contributed by atoms with Crippen molar-refractivity contribution in [2.75, 3.05) is 6.61 Å². The quantitative estimate of drug-likeness (QED) is 0.290. The molecule has 5 rings (SSSR count). The molecule has 7 heteroatoms. The van der Waals surface area contributed by atoms with Gasteiger partial charge in [0.05, 0.1) is 36.3 Å². The van der Waals surface area contributed by atoms with E-state index in [1.165, 1.54) is 0 Å². The van der Waals surface area contributed by atoms with Gasteiger partial charge in [0.15, 0.2) is 5.78 Å². The molecule has 0 N–H and O–H groups in total. The standard InChI is InChI=1S/C27H23N3O4/c1-3-33-27-28-23-10-6-9-20(17(2)31)26(23)30(27)16-18-11-13-19(14-12-18)21-7-4-5-8-22(21)24-15-25(32)34-29-24/h4-14H,3,15-16H2,1-2H3. The second kappa shape index (κ2) is 8.94. The van der Waals surface area contributed by atoms with E-state index in [0.29, 0.717) is 30.4 Å². The number of imidazole rings is 1. The predicted octanol–water partition coefficient (Wildman–Crippen LogP) is 5.00. The zero-order valence-corrected chi connectivity index (χ0v) is 18.9. The summed E-state index contributed by atoms with van der Waals surface area (Å²) in [6, 6.07) is 22.0. The zero-order valence-electron chi connectivity index (χ0n) is 18.9. The minimum absolute atomic E-state index is 0.0148. The molecule has 1 aliphatic heterocycles. The maximum atomic E-state index is 12.3. The monoisotopic (exact) mass is 453 g/mol. The third-order valence-electron chi connectivity index (χ3n) is 5.80. The van der Waals surface area contributed by atoms with Crippen molar-refractivity contribution < 1.29 is 19.2 Å². The van der Waals surface area contributed by atoms with Gasteiger partial charge in [-0.2, -0.15) is 4.98 Å². The Morgan fingerprint density at radius 1 is 1.03 bits per heavy atom. The molecule has 2 heterocycles. The lowest BCUT2D eigenvalue weighted by Gasteiger charge is -2.12. The molecule has 34 heavy (non-hydrogen) atoms. The molecule has 170 valence electrons. The number of fused-ring (bicyclic) bond motifs is 1. The molecule has 0 fully saturated rings. The molecule has 0 atom stereocenters. The van der Waals surface area contributed by atoms with Gasteiger partial charge in [-0.15, -0.1) is 0 Å². The fraction of sp³-hybridized carbons (Fsp3) is 0.185. The molecule has 1 aromatic heterocycles. The molecule has 0 aliphatic carbocycles. The zero-order chi connectivity index (χ0) is 23.7. The van der Waals surface area contributed by atoms with Gasteiger partial charge in [-0.1, -0.05) is 59.8 Å². The van der Waals surface area contributed by atoms with Crippen molar-refractivity contribution in [2.45, 2.75) is 26.8 Å². The van der Waals surface area contributed by atoms with Crippen LogP contribution in [0.4, 0.5) is 0 Å². The van der Waals surface area contributed by atoms with Gasteiger partial charge < -0.3 is 9.57 Å². The van der Waals surface area contributed by atoms with Crippen LogP contribution in [0, 0.1) is 0 Å². The van der Waals surface area contributed by atoms with Gasteiger partial charge in [0.1, 0.15) is 0 Å². The molecule has 0 bridgehead atoms. The molecule has 3 aromatic carbocycles. The van der Waals surface area contributed by atoms with Gasteiger partial charge in [0.25, 0.3) is 6.01 Å². The Bertz CT molecular complexity index is 1430. The Morgan fingerprint density at radius 2 is 1.79 bits per heavy atom. The number of ether oxygens (including phenoxy) is 1. The van der Waals surface area contributed by atoms with Crippen LogP contribution in [-0.2, 0) is 16.2 Å². The molecule has 7 nitrogen and oxygen atoms in total. The fourth-order valence-corrected chi connectivity index (χ4v) is 4.24. The number of oxime groups is 1. The molecule has 0 unspecified atom stereocenters. The van der Waals surface area contributed by atoms with E-state index >= 15 is 0 Å². The van der Waals surface area contributed by atoms with Crippen LogP contribution in [0.15, 0.2) is 71.9 Å². The molecule has 0 radical (unpaired) electrons. The normalized spacial score (nSPS) is 13.1. The number of hydrogen-bond acceptors (Lipinski definition) is 6. The largest absolute Gasteiger partial charge is 0.465 e. The van der Waals surface area contributed by atoms with E-state index in [-0.39, 0.29) is 18.2 Å². The predicted molar refractivity (Wildman–Crippen MR) is 129 cm³/mol. The van der Waals surface area contributed by atoms with Gasteiger partial charge in [-0.25, -0.2) is 4.79 Å². The fourth-order valence-electron chi connectivity index (χ4n) is 4.24.